The third-order valence-corrected chi connectivity index (χ3v) is 3.27. The van der Waals surface area contributed by atoms with Crippen molar-refractivity contribution in [2.75, 3.05) is 5.73 Å². The maximum absolute atomic E-state index is 5.83. The molecule has 1 aromatic heterocycles. The number of nitrogens with two attached hydrogens (primary N) is 1. The number of benzene rings is 1. The number of fused-ring (bicyclic) bond motifs is 1. The fraction of sp³-hybridized carbons (Fsp3) is 0.214. The zero-order valence-corrected chi connectivity index (χ0v) is 9.06. The molecule has 0 saturated heterocycles. The molecule has 0 radical (unpaired) electrons. The van der Waals surface area contributed by atoms with Crippen LogP contribution >= 0.6 is 0 Å². The van der Waals surface area contributed by atoms with Crippen LogP contribution in [0.15, 0.2) is 42.6 Å². The van der Waals surface area contributed by atoms with E-state index in [-0.39, 0.29) is 0 Å². The molecule has 0 aliphatic heterocycles. The van der Waals surface area contributed by atoms with Gasteiger partial charge in [-0.3, -0.25) is 4.98 Å². The van der Waals surface area contributed by atoms with Crippen LogP contribution in [0.5, 0.6) is 0 Å². The van der Waals surface area contributed by atoms with Gasteiger partial charge in [-0.15, -0.1) is 0 Å². The Morgan fingerprint density at radius 3 is 3.00 bits per heavy atom. The number of aryl methyl sites for hydroxylation is 1. The Morgan fingerprint density at radius 1 is 1.19 bits per heavy atom. The summed E-state index contributed by atoms with van der Waals surface area (Å²) in [7, 11) is 0. The summed E-state index contributed by atoms with van der Waals surface area (Å²) in [6.45, 7) is 0. The van der Waals surface area contributed by atoms with E-state index in [4.69, 9.17) is 5.73 Å². The van der Waals surface area contributed by atoms with Crippen molar-refractivity contribution in [3.63, 3.8) is 0 Å². The number of hydrogen-bond donors (Lipinski definition) is 1. The van der Waals surface area contributed by atoms with Crippen LogP contribution in [0.3, 0.4) is 0 Å². The molecule has 0 fully saturated rings. The van der Waals surface area contributed by atoms with Gasteiger partial charge in [0, 0.05) is 17.8 Å². The first kappa shape index (κ1) is 9.40. The second kappa shape index (κ2) is 3.63. The number of nitrogen functional groups attached to an aromatic ring is 1. The highest BCUT2D eigenvalue weighted by Crippen LogP contribution is 2.36. The van der Waals surface area contributed by atoms with Crippen molar-refractivity contribution >= 4 is 5.69 Å². The molecule has 2 nitrogen and oxygen atoms in total. The minimum atomic E-state index is 0.430. The van der Waals surface area contributed by atoms with Gasteiger partial charge in [0.2, 0.25) is 0 Å². The highest BCUT2D eigenvalue weighted by atomic mass is 14.7. The molecule has 0 spiro atoms. The van der Waals surface area contributed by atoms with E-state index in [9.17, 15) is 0 Å². The van der Waals surface area contributed by atoms with E-state index in [0.717, 1.165) is 18.5 Å². The lowest BCUT2D eigenvalue weighted by Crippen LogP contribution is -1.99. The van der Waals surface area contributed by atoms with Crippen LogP contribution < -0.4 is 5.73 Å². The van der Waals surface area contributed by atoms with Gasteiger partial charge in [0.25, 0.3) is 0 Å². The second-order valence-electron chi connectivity index (χ2n) is 4.31. The molecule has 1 heterocycles. The second-order valence-corrected chi connectivity index (χ2v) is 4.31. The standard InChI is InChI=1S/C14H14N2/c15-12-5-1-3-11(9-12)13-7-6-10-4-2-8-16-14(10)13/h1-5,8-9,13H,6-7,15H2. The summed E-state index contributed by atoms with van der Waals surface area (Å²) in [5.41, 5.74) is 10.6. The monoisotopic (exact) mass is 210 g/mol. The van der Waals surface area contributed by atoms with Crippen LogP contribution in [0.4, 0.5) is 5.69 Å². The number of aromatic nitrogens is 1. The van der Waals surface area contributed by atoms with Crippen LogP contribution in [-0.2, 0) is 6.42 Å². The van der Waals surface area contributed by atoms with Crippen molar-refractivity contribution in [2.45, 2.75) is 18.8 Å². The minimum Gasteiger partial charge on any atom is -0.399 e. The molecule has 1 unspecified atom stereocenters. The van der Waals surface area contributed by atoms with Gasteiger partial charge in [-0.1, -0.05) is 18.2 Å². The van der Waals surface area contributed by atoms with Gasteiger partial charge >= 0.3 is 0 Å². The maximum Gasteiger partial charge on any atom is 0.0510 e. The van der Waals surface area contributed by atoms with Crippen LogP contribution in [0, 0.1) is 0 Å². The zero-order valence-electron chi connectivity index (χ0n) is 9.06. The maximum atomic E-state index is 5.83. The molecule has 16 heavy (non-hydrogen) atoms. The molecule has 2 N–H and O–H groups in total. The lowest BCUT2D eigenvalue weighted by atomic mass is 9.96. The highest BCUT2D eigenvalue weighted by Gasteiger charge is 2.24. The van der Waals surface area contributed by atoms with Crippen LogP contribution in [0.1, 0.15) is 29.2 Å². The summed E-state index contributed by atoms with van der Waals surface area (Å²) in [5, 5.41) is 0. The zero-order chi connectivity index (χ0) is 11.0. The number of pyridine rings is 1. The molecular formula is C14H14N2. The fourth-order valence-electron chi connectivity index (χ4n) is 2.51. The molecule has 0 bridgehead atoms. The molecule has 1 aliphatic carbocycles. The third kappa shape index (κ3) is 1.47. The van der Waals surface area contributed by atoms with Crippen LogP contribution in [-0.4, -0.2) is 4.98 Å². The highest BCUT2D eigenvalue weighted by molar-refractivity contribution is 5.46. The van der Waals surface area contributed by atoms with E-state index in [1.54, 1.807) is 0 Å². The van der Waals surface area contributed by atoms with Crippen LogP contribution in [0.25, 0.3) is 0 Å². The van der Waals surface area contributed by atoms with Gasteiger partial charge in [-0.05, 0) is 42.2 Å². The summed E-state index contributed by atoms with van der Waals surface area (Å²) in [4.78, 5) is 4.51. The minimum absolute atomic E-state index is 0.430. The van der Waals surface area contributed by atoms with Gasteiger partial charge in [0.05, 0.1) is 5.69 Å². The topological polar surface area (TPSA) is 38.9 Å². The van der Waals surface area contributed by atoms with E-state index in [2.05, 4.69) is 23.2 Å². The normalized spacial score (nSPS) is 18.4. The SMILES string of the molecule is Nc1cccc(C2CCc3cccnc32)c1. The van der Waals surface area contributed by atoms with E-state index >= 15 is 0 Å². The first-order valence-electron chi connectivity index (χ1n) is 5.64. The predicted molar refractivity (Wildman–Crippen MR) is 65.3 cm³/mol. The Labute approximate surface area is 95.1 Å². The Hall–Kier alpha value is -1.83. The van der Waals surface area contributed by atoms with Gasteiger partial charge in [0.1, 0.15) is 0 Å². The Bertz CT molecular complexity index is 520. The Balaban J connectivity index is 2.05. The summed E-state index contributed by atoms with van der Waals surface area (Å²) in [6.07, 6.45) is 4.15. The quantitative estimate of drug-likeness (QED) is 0.735. The van der Waals surface area contributed by atoms with Crippen molar-refractivity contribution in [2.24, 2.45) is 0 Å². The van der Waals surface area contributed by atoms with Crippen molar-refractivity contribution in [3.8, 4) is 0 Å². The first-order valence-corrected chi connectivity index (χ1v) is 5.64. The average Bonchev–Trinajstić information content (AvgIpc) is 2.72. The molecule has 2 heteroatoms. The molecular weight excluding hydrogens is 196 g/mol. The van der Waals surface area contributed by atoms with E-state index in [1.807, 2.05) is 24.4 Å². The van der Waals surface area contributed by atoms with Crippen molar-refractivity contribution in [3.05, 3.63) is 59.4 Å². The number of rotatable bonds is 1. The van der Waals surface area contributed by atoms with Crippen molar-refractivity contribution in [1.29, 1.82) is 0 Å². The molecule has 80 valence electrons. The van der Waals surface area contributed by atoms with Gasteiger partial charge in [-0.25, -0.2) is 0 Å². The molecule has 1 aromatic carbocycles. The van der Waals surface area contributed by atoms with E-state index in [1.165, 1.54) is 16.8 Å². The van der Waals surface area contributed by atoms with Gasteiger partial charge in [0.15, 0.2) is 0 Å². The number of anilines is 1. The van der Waals surface area contributed by atoms with Gasteiger partial charge < -0.3 is 5.73 Å². The summed E-state index contributed by atoms with van der Waals surface area (Å²) < 4.78 is 0. The summed E-state index contributed by atoms with van der Waals surface area (Å²) in [6, 6.07) is 12.3. The Kier molecular flexibility index (Phi) is 2.13. The lowest BCUT2D eigenvalue weighted by Gasteiger charge is -2.11. The average molecular weight is 210 g/mol. The van der Waals surface area contributed by atoms with Crippen molar-refractivity contribution in [1.82, 2.24) is 4.98 Å². The lowest BCUT2D eigenvalue weighted by molar-refractivity contribution is 0.772. The van der Waals surface area contributed by atoms with Crippen molar-refractivity contribution < 1.29 is 0 Å². The molecule has 0 saturated carbocycles. The summed E-state index contributed by atoms with van der Waals surface area (Å²) in [5.74, 6) is 0.430. The Morgan fingerprint density at radius 2 is 2.12 bits per heavy atom. The first-order chi connectivity index (χ1) is 7.84. The van der Waals surface area contributed by atoms with E-state index < -0.39 is 0 Å². The molecule has 2 aromatic rings. The smallest absolute Gasteiger partial charge is 0.0510 e. The molecule has 1 atom stereocenters. The third-order valence-electron chi connectivity index (χ3n) is 3.27. The molecule has 0 amide bonds. The predicted octanol–water partition coefficient (Wildman–Crippen LogP) is 2.74. The molecule has 1 aliphatic rings. The largest absolute Gasteiger partial charge is 0.399 e. The number of nitrogens with zero attached hydrogens (tertiary/aromatic N) is 1. The van der Waals surface area contributed by atoms with E-state index in [0.29, 0.717) is 5.92 Å². The van der Waals surface area contributed by atoms with Crippen LogP contribution in [0.2, 0.25) is 0 Å². The fourth-order valence-corrected chi connectivity index (χ4v) is 2.51. The molecule has 3 rings (SSSR count). The van der Waals surface area contributed by atoms with Gasteiger partial charge in [-0.2, -0.15) is 0 Å². The number of hydrogen-bond acceptors (Lipinski definition) is 2. The summed E-state index contributed by atoms with van der Waals surface area (Å²) >= 11 is 0.